The monoisotopic (exact) mass is 378 g/mol. The van der Waals surface area contributed by atoms with Crippen LogP contribution in [0.15, 0.2) is 126 Å². The molecule has 0 radical (unpaired) electrons. The van der Waals surface area contributed by atoms with Crippen molar-refractivity contribution in [3.63, 3.8) is 0 Å². The Labute approximate surface area is 167 Å². The quantitative estimate of drug-likeness (QED) is 0.187. The molecule has 0 aliphatic heterocycles. The summed E-state index contributed by atoms with van der Waals surface area (Å²) in [6, 6.07) is 42.3. The molecule has 0 aromatic heterocycles. The molecule has 0 saturated heterocycles. The van der Waals surface area contributed by atoms with Gasteiger partial charge < -0.3 is 5.84 Å². The smallest absolute Gasteiger partial charge is 0.205 e. The van der Waals surface area contributed by atoms with Crippen molar-refractivity contribution < 1.29 is 0 Å². The summed E-state index contributed by atoms with van der Waals surface area (Å²) in [6.45, 7) is 0. The first kappa shape index (κ1) is 18.0. The molecule has 0 saturated carbocycles. The van der Waals surface area contributed by atoms with Crippen molar-refractivity contribution in [3.05, 3.63) is 127 Å². The summed E-state index contributed by atoms with van der Waals surface area (Å²) in [5, 5.41) is 9.19. The van der Waals surface area contributed by atoms with Gasteiger partial charge in [0.25, 0.3) is 0 Å². The summed E-state index contributed by atoms with van der Waals surface area (Å²) in [7, 11) is -2.67. The van der Waals surface area contributed by atoms with Crippen molar-refractivity contribution in [2.45, 2.75) is 0 Å². The van der Waals surface area contributed by atoms with Crippen LogP contribution >= 0.6 is 0 Å². The normalized spacial score (nSPS) is 11.9. The van der Waals surface area contributed by atoms with Gasteiger partial charge in [-0.2, -0.15) is 5.10 Å². The maximum atomic E-state index is 6.13. The SMILES string of the molecule is NN=C(c1ccccc1)[Si](c1ccccc1)(c1ccccc1)c1ccccc1. The number of hydrogen-bond acceptors (Lipinski definition) is 2. The minimum atomic E-state index is -2.67. The van der Waals surface area contributed by atoms with Gasteiger partial charge in [0.05, 0.1) is 5.33 Å². The van der Waals surface area contributed by atoms with E-state index in [2.05, 4.69) is 108 Å². The van der Waals surface area contributed by atoms with Crippen LogP contribution in [0.5, 0.6) is 0 Å². The van der Waals surface area contributed by atoms with Crippen molar-refractivity contribution in [3.8, 4) is 0 Å². The molecule has 0 atom stereocenters. The maximum absolute atomic E-state index is 6.13. The van der Waals surface area contributed by atoms with Gasteiger partial charge in [-0.15, -0.1) is 0 Å². The van der Waals surface area contributed by atoms with E-state index in [4.69, 9.17) is 5.84 Å². The van der Waals surface area contributed by atoms with E-state index in [9.17, 15) is 0 Å². The first-order chi connectivity index (χ1) is 13.9. The summed E-state index contributed by atoms with van der Waals surface area (Å²) in [6.07, 6.45) is 0. The van der Waals surface area contributed by atoms with E-state index >= 15 is 0 Å². The second kappa shape index (κ2) is 8.07. The predicted octanol–water partition coefficient (Wildman–Crippen LogP) is 3.06. The zero-order chi connectivity index (χ0) is 19.2. The third kappa shape index (κ3) is 3.06. The Morgan fingerprint density at radius 2 is 0.821 bits per heavy atom. The van der Waals surface area contributed by atoms with Gasteiger partial charge in [0.1, 0.15) is 0 Å². The topological polar surface area (TPSA) is 38.4 Å². The van der Waals surface area contributed by atoms with Crippen LogP contribution in [-0.2, 0) is 0 Å². The second-order valence-electron chi connectivity index (χ2n) is 6.69. The van der Waals surface area contributed by atoms with E-state index < -0.39 is 8.07 Å². The fraction of sp³-hybridized carbons (Fsp3) is 0. The van der Waals surface area contributed by atoms with Gasteiger partial charge in [-0.25, -0.2) is 0 Å². The highest BCUT2D eigenvalue weighted by Gasteiger charge is 2.45. The van der Waals surface area contributed by atoms with Gasteiger partial charge in [-0.3, -0.25) is 0 Å². The molecule has 0 spiro atoms. The van der Waals surface area contributed by atoms with Gasteiger partial charge >= 0.3 is 0 Å². The molecule has 0 fully saturated rings. The van der Waals surface area contributed by atoms with Crippen molar-refractivity contribution in [1.29, 1.82) is 0 Å². The number of rotatable bonds is 5. The molecular formula is C25H22N2Si. The first-order valence-corrected chi connectivity index (χ1v) is 11.4. The first-order valence-electron chi connectivity index (χ1n) is 9.37. The standard InChI is InChI=1S/C25H22N2Si/c26-27-25(21-13-5-1-6-14-21)28(22-15-7-2-8-16-22,23-17-9-3-10-18-23)24-19-11-4-12-20-24/h1-20H,26H2. The van der Waals surface area contributed by atoms with Crippen LogP contribution in [-0.4, -0.2) is 13.4 Å². The molecule has 0 bridgehead atoms. The predicted molar refractivity (Wildman–Crippen MR) is 121 cm³/mol. The molecule has 0 unspecified atom stereocenters. The van der Waals surface area contributed by atoms with Gasteiger partial charge in [-0.1, -0.05) is 121 Å². The van der Waals surface area contributed by atoms with E-state index in [1.54, 1.807) is 0 Å². The van der Waals surface area contributed by atoms with Crippen molar-refractivity contribution in [2.24, 2.45) is 10.9 Å². The Balaban J connectivity index is 2.13. The third-order valence-electron chi connectivity index (χ3n) is 5.15. The zero-order valence-electron chi connectivity index (χ0n) is 15.6. The van der Waals surface area contributed by atoms with Crippen LogP contribution in [0, 0.1) is 0 Å². The molecule has 0 heterocycles. The number of hydrazone groups is 1. The Hall–Kier alpha value is -3.43. The molecule has 0 aliphatic rings. The summed E-state index contributed by atoms with van der Waals surface area (Å²) >= 11 is 0. The van der Waals surface area contributed by atoms with E-state index in [0.29, 0.717) is 0 Å². The van der Waals surface area contributed by atoms with Crippen molar-refractivity contribution in [2.75, 3.05) is 0 Å². The van der Waals surface area contributed by atoms with E-state index in [1.807, 2.05) is 18.2 Å². The molecule has 3 heteroatoms. The number of hydrogen-bond donors (Lipinski definition) is 1. The number of benzene rings is 4. The summed E-state index contributed by atoms with van der Waals surface area (Å²) in [4.78, 5) is 0. The third-order valence-corrected chi connectivity index (χ3v) is 9.88. The fourth-order valence-corrected chi connectivity index (χ4v) is 8.65. The highest BCUT2D eigenvalue weighted by Crippen LogP contribution is 2.16. The largest absolute Gasteiger partial charge is 0.323 e. The van der Waals surface area contributed by atoms with Gasteiger partial charge in [0.15, 0.2) is 0 Å². The van der Waals surface area contributed by atoms with Crippen LogP contribution in [0.25, 0.3) is 0 Å². The van der Waals surface area contributed by atoms with Gasteiger partial charge in [0.2, 0.25) is 8.07 Å². The zero-order valence-corrected chi connectivity index (χ0v) is 16.6. The molecule has 4 rings (SSSR count). The summed E-state index contributed by atoms with van der Waals surface area (Å²) < 4.78 is 0. The lowest BCUT2D eigenvalue weighted by Gasteiger charge is -2.34. The minimum absolute atomic E-state index is 0.955. The Bertz CT molecular complexity index is 950. The molecule has 0 aliphatic carbocycles. The van der Waals surface area contributed by atoms with Crippen LogP contribution in [0.1, 0.15) is 5.56 Å². The average Bonchev–Trinajstić information content (AvgIpc) is 2.80. The van der Waals surface area contributed by atoms with Gasteiger partial charge in [-0.05, 0) is 21.1 Å². The Morgan fingerprint density at radius 3 is 1.14 bits per heavy atom. The van der Waals surface area contributed by atoms with Crippen LogP contribution < -0.4 is 21.4 Å². The lowest BCUT2D eigenvalue weighted by Crippen LogP contribution is -2.73. The van der Waals surface area contributed by atoms with E-state index in [-0.39, 0.29) is 0 Å². The van der Waals surface area contributed by atoms with Crippen LogP contribution in [0.3, 0.4) is 0 Å². The summed E-state index contributed by atoms with van der Waals surface area (Å²) in [5.74, 6) is 6.13. The number of nitrogens with two attached hydrogens (primary N) is 1. The van der Waals surface area contributed by atoms with Gasteiger partial charge in [0, 0.05) is 0 Å². The fourth-order valence-electron chi connectivity index (χ4n) is 3.96. The molecule has 4 aromatic rings. The van der Waals surface area contributed by atoms with Crippen molar-refractivity contribution in [1.82, 2.24) is 0 Å². The Morgan fingerprint density at radius 1 is 0.500 bits per heavy atom. The highest BCUT2D eigenvalue weighted by molar-refractivity contribution is 7.31. The molecule has 0 amide bonds. The maximum Gasteiger partial charge on any atom is 0.205 e. The lowest BCUT2D eigenvalue weighted by molar-refractivity contribution is 1.25. The molecule has 28 heavy (non-hydrogen) atoms. The lowest BCUT2D eigenvalue weighted by atomic mass is 10.2. The molecular weight excluding hydrogens is 356 g/mol. The molecule has 2 N–H and O–H groups in total. The van der Waals surface area contributed by atoms with Crippen molar-refractivity contribution >= 4 is 29.0 Å². The summed E-state index contributed by atoms with van der Waals surface area (Å²) in [5.41, 5.74) is 1.06. The van der Waals surface area contributed by atoms with Crippen LogP contribution in [0.4, 0.5) is 0 Å². The molecule has 2 nitrogen and oxygen atoms in total. The Kier molecular flexibility index (Phi) is 5.17. The highest BCUT2D eigenvalue weighted by atomic mass is 28.3. The van der Waals surface area contributed by atoms with E-state index in [1.165, 1.54) is 15.6 Å². The second-order valence-corrected chi connectivity index (χ2v) is 10.4. The molecule has 4 aromatic carbocycles. The van der Waals surface area contributed by atoms with Crippen LogP contribution in [0.2, 0.25) is 0 Å². The average molecular weight is 379 g/mol. The van der Waals surface area contributed by atoms with E-state index in [0.717, 1.165) is 10.9 Å². The minimum Gasteiger partial charge on any atom is -0.323 e. The molecule has 136 valence electrons. The number of nitrogens with zero attached hydrogens (tertiary/aromatic N) is 1.